The Labute approximate surface area is 142 Å². The number of hydrogen-bond donors (Lipinski definition) is 0. The molecule has 0 spiro atoms. The molecule has 124 valence electrons. The summed E-state index contributed by atoms with van der Waals surface area (Å²) < 4.78 is 0. The van der Waals surface area contributed by atoms with Crippen molar-refractivity contribution in [2.75, 3.05) is 20.1 Å². The lowest BCUT2D eigenvalue weighted by molar-refractivity contribution is -0.136. The van der Waals surface area contributed by atoms with E-state index in [0.29, 0.717) is 31.0 Å². The molecule has 2 saturated heterocycles. The first-order chi connectivity index (χ1) is 11.0. The highest BCUT2D eigenvalue weighted by Crippen LogP contribution is 2.45. The molecule has 0 aliphatic carbocycles. The lowest BCUT2D eigenvalue weighted by Gasteiger charge is -2.33. The van der Waals surface area contributed by atoms with Gasteiger partial charge in [0.2, 0.25) is 11.8 Å². The molecule has 2 fully saturated rings. The van der Waals surface area contributed by atoms with Crippen molar-refractivity contribution in [3.63, 3.8) is 0 Å². The predicted molar refractivity (Wildman–Crippen MR) is 90.4 cm³/mol. The van der Waals surface area contributed by atoms with Gasteiger partial charge in [-0.05, 0) is 30.9 Å². The van der Waals surface area contributed by atoms with Crippen molar-refractivity contribution >= 4 is 23.4 Å². The maximum atomic E-state index is 13.3. The third-order valence-electron chi connectivity index (χ3n) is 5.18. The van der Waals surface area contributed by atoms with Crippen molar-refractivity contribution in [2.45, 2.75) is 44.1 Å². The SMILES string of the molecule is CCCN(C)C(=O)[C@@]1(c2ccccc2Cl)C[C@@H]2CCC(=O)N2C1. The molecule has 1 aromatic carbocycles. The number of hydrogen-bond acceptors (Lipinski definition) is 2. The van der Waals surface area contributed by atoms with E-state index >= 15 is 0 Å². The molecule has 0 unspecified atom stereocenters. The van der Waals surface area contributed by atoms with Gasteiger partial charge in [-0.2, -0.15) is 0 Å². The van der Waals surface area contributed by atoms with Crippen LogP contribution in [0.5, 0.6) is 0 Å². The van der Waals surface area contributed by atoms with Gasteiger partial charge in [0.15, 0.2) is 0 Å². The first-order valence-electron chi connectivity index (χ1n) is 8.29. The number of fused-ring (bicyclic) bond motifs is 1. The second-order valence-electron chi connectivity index (χ2n) is 6.71. The molecule has 2 amide bonds. The zero-order valence-corrected chi connectivity index (χ0v) is 14.5. The molecule has 4 nitrogen and oxygen atoms in total. The summed E-state index contributed by atoms with van der Waals surface area (Å²) in [5, 5.41) is 0.611. The summed E-state index contributed by atoms with van der Waals surface area (Å²) in [5.74, 6) is 0.240. The van der Waals surface area contributed by atoms with Crippen LogP contribution in [0.4, 0.5) is 0 Å². The summed E-state index contributed by atoms with van der Waals surface area (Å²) >= 11 is 6.44. The van der Waals surface area contributed by atoms with Gasteiger partial charge in [-0.25, -0.2) is 0 Å². The van der Waals surface area contributed by atoms with Crippen LogP contribution < -0.4 is 0 Å². The van der Waals surface area contributed by atoms with Crippen molar-refractivity contribution in [3.05, 3.63) is 34.9 Å². The van der Waals surface area contributed by atoms with Crippen molar-refractivity contribution in [3.8, 4) is 0 Å². The quantitative estimate of drug-likeness (QED) is 0.849. The van der Waals surface area contributed by atoms with Gasteiger partial charge >= 0.3 is 0 Å². The van der Waals surface area contributed by atoms with E-state index < -0.39 is 5.41 Å². The lowest BCUT2D eigenvalue weighted by Crippen LogP contribution is -2.48. The smallest absolute Gasteiger partial charge is 0.234 e. The van der Waals surface area contributed by atoms with E-state index in [1.807, 2.05) is 36.2 Å². The highest BCUT2D eigenvalue weighted by molar-refractivity contribution is 6.31. The van der Waals surface area contributed by atoms with Crippen molar-refractivity contribution < 1.29 is 9.59 Å². The third kappa shape index (κ3) is 2.63. The second-order valence-corrected chi connectivity index (χ2v) is 7.11. The minimum Gasteiger partial charge on any atom is -0.345 e. The summed E-state index contributed by atoms with van der Waals surface area (Å²) in [6.07, 6.45) is 3.03. The number of amides is 2. The molecular weight excluding hydrogens is 312 g/mol. The van der Waals surface area contributed by atoms with Gasteiger partial charge in [0.1, 0.15) is 0 Å². The van der Waals surface area contributed by atoms with Crippen molar-refractivity contribution in [1.29, 1.82) is 0 Å². The summed E-state index contributed by atoms with van der Waals surface area (Å²) in [4.78, 5) is 29.1. The van der Waals surface area contributed by atoms with Crippen LogP contribution in [-0.4, -0.2) is 47.8 Å². The van der Waals surface area contributed by atoms with Crippen LogP contribution in [0.1, 0.15) is 38.2 Å². The van der Waals surface area contributed by atoms with Gasteiger partial charge in [0.25, 0.3) is 0 Å². The first-order valence-corrected chi connectivity index (χ1v) is 8.67. The van der Waals surface area contributed by atoms with E-state index in [1.165, 1.54) is 0 Å². The lowest BCUT2D eigenvalue weighted by atomic mass is 9.76. The molecular formula is C18H23ClN2O2. The number of benzene rings is 1. The molecule has 0 saturated carbocycles. The largest absolute Gasteiger partial charge is 0.345 e. The fourth-order valence-corrected chi connectivity index (χ4v) is 4.41. The van der Waals surface area contributed by atoms with Gasteiger partial charge in [0.05, 0.1) is 5.41 Å². The van der Waals surface area contributed by atoms with Crippen LogP contribution in [0.15, 0.2) is 24.3 Å². The number of rotatable bonds is 4. The molecule has 23 heavy (non-hydrogen) atoms. The topological polar surface area (TPSA) is 40.6 Å². The molecule has 2 aliphatic rings. The fourth-order valence-electron chi connectivity index (χ4n) is 4.10. The Morgan fingerprint density at radius 2 is 2.17 bits per heavy atom. The minimum atomic E-state index is -0.705. The molecule has 1 aromatic rings. The van der Waals surface area contributed by atoms with Gasteiger partial charge in [0, 0.05) is 37.6 Å². The summed E-state index contributed by atoms with van der Waals surface area (Å²) in [6, 6.07) is 7.73. The van der Waals surface area contributed by atoms with E-state index in [1.54, 1.807) is 4.90 Å². The molecule has 3 rings (SSSR count). The van der Waals surface area contributed by atoms with Crippen LogP contribution in [0, 0.1) is 0 Å². The zero-order valence-electron chi connectivity index (χ0n) is 13.7. The molecule has 5 heteroatoms. The highest BCUT2D eigenvalue weighted by atomic mass is 35.5. The molecule has 0 N–H and O–H groups in total. The second kappa shape index (κ2) is 6.16. The van der Waals surface area contributed by atoms with Gasteiger partial charge in [-0.3, -0.25) is 9.59 Å². The van der Waals surface area contributed by atoms with E-state index in [4.69, 9.17) is 11.6 Å². The fraction of sp³-hybridized carbons (Fsp3) is 0.556. The van der Waals surface area contributed by atoms with Gasteiger partial charge in [-0.15, -0.1) is 0 Å². The van der Waals surface area contributed by atoms with Crippen molar-refractivity contribution in [1.82, 2.24) is 9.80 Å². The Morgan fingerprint density at radius 1 is 1.43 bits per heavy atom. The molecule has 0 bridgehead atoms. The van der Waals surface area contributed by atoms with Gasteiger partial charge < -0.3 is 9.80 Å². The monoisotopic (exact) mass is 334 g/mol. The van der Waals surface area contributed by atoms with Gasteiger partial charge in [-0.1, -0.05) is 36.7 Å². The maximum Gasteiger partial charge on any atom is 0.234 e. The average Bonchev–Trinajstić information content (AvgIpc) is 3.07. The van der Waals surface area contributed by atoms with Crippen molar-refractivity contribution in [2.24, 2.45) is 0 Å². The first kappa shape index (κ1) is 16.3. The molecule has 2 atom stereocenters. The molecule has 2 aliphatic heterocycles. The van der Waals surface area contributed by atoms with E-state index in [2.05, 4.69) is 6.92 Å². The number of nitrogens with zero attached hydrogens (tertiary/aromatic N) is 2. The van der Waals surface area contributed by atoms with E-state index in [0.717, 1.165) is 18.4 Å². The van der Waals surface area contributed by atoms with Crippen LogP contribution in [-0.2, 0) is 15.0 Å². The zero-order chi connectivity index (χ0) is 16.6. The number of carbonyl (C=O) groups is 2. The highest BCUT2D eigenvalue weighted by Gasteiger charge is 2.55. The normalized spacial score (nSPS) is 26.5. The average molecular weight is 335 g/mol. The Bertz CT molecular complexity index is 633. The van der Waals surface area contributed by atoms with E-state index in [9.17, 15) is 9.59 Å². The standard InChI is InChI=1S/C18H23ClN2O2/c1-3-10-20(2)17(23)18(14-6-4-5-7-15(14)19)11-13-8-9-16(22)21(13)12-18/h4-7,13H,3,8-12H2,1-2H3/t13-,18-/m0/s1. The van der Waals surface area contributed by atoms with E-state index in [-0.39, 0.29) is 17.9 Å². The Kier molecular flexibility index (Phi) is 4.37. The van der Waals surface area contributed by atoms with Crippen LogP contribution in [0.25, 0.3) is 0 Å². The third-order valence-corrected chi connectivity index (χ3v) is 5.51. The summed E-state index contributed by atoms with van der Waals surface area (Å²) in [5.41, 5.74) is 0.153. The Morgan fingerprint density at radius 3 is 2.83 bits per heavy atom. The number of carbonyl (C=O) groups excluding carboxylic acids is 2. The molecule has 2 heterocycles. The minimum absolute atomic E-state index is 0.0784. The summed E-state index contributed by atoms with van der Waals surface area (Å²) in [6.45, 7) is 3.22. The van der Waals surface area contributed by atoms with Crippen LogP contribution in [0.2, 0.25) is 5.02 Å². The number of halogens is 1. The Hall–Kier alpha value is -1.55. The summed E-state index contributed by atoms with van der Waals surface area (Å²) in [7, 11) is 1.84. The van der Waals surface area contributed by atoms with Crippen LogP contribution >= 0.6 is 11.6 Å². The van der Waals surface area contributed by atoms with Crippen LogP contribution in [0.3, 0.4) is 0 Å². The molecule has 0 aromatic heterocycles. The predicted octanol–water partition coefficient (Wildman–Crippen LogP) is 2.84. The Balaban J connectivity index is 2.03. The number of likely N-dealkylation sites (N-methyl/N-ethyl adjacent to an activating group) is 1. The molecule has 0 radical (unpaired) electrons. The maximum absolute atomic E-state index is 13.3.